The fourth-order valence-corrected chi connectivity index (χ4v) is 2.91. The van der Waals surface area contributed by atoms with Crippen molar-refractivity contribution in [3.8, 4) is 0 Å². The van der Waals surface area contributed by atoms with Crippen LogP contribution in [0.25, 0.3) is 0 Å². The van der Waals surface area contributed by atoms with Crippen molar-refractivity contribution in [2.75, 3.05) is 6.54 Å². The van der Waals surface area contributed by atoms with Gasteiger partial charge in [0.15, 0.2) is 5.82 Å². The second-order valence-corrected chi connectivity index (χ2v) is 5.92. The van der Waals surface area contributed by atoms with Gasteiger partial charge in [-0.3, -0.25) is 0 Å². The van der Waals surface area contributed by atoms with E-state index in [1.54, 1.807) is 0 Å². The summed E-state index contributed by atoms with van der Waals surface area (Å²) in [5.74, 6) is -0.418. The van der Waals surface area contributed by atoms with Crippen LogP contribution in [-0.4, -0.2) is 35.6 Å². The average molecular weight is 314 g/mol. The van der Waals surface area contributed by atoms with Crippen molar-refractivity contribution in [1.82, 2.24) is 30.7 Å². The molecule has 0 unspecified atom stereocenters. The summed E-state index contributed by atoms with van der Waals surface area (Å²) in [6.07, 6.45) is 0. The summed E-state index contributed by atoms with van der Waals surface area (Å²) < 4.78 is 40.2. The van der Waals surface area contributed by atoms with Gasteiger partial charge in [-0.05, 0) is 24.2 Å². The van der Waals surface area contributed by atoms with E-state index in [-0.39, 0.29) is 17.3 Å². The average Bonchev–Trinajstić information content (AvgIpc) is 2.97. The largest absolute Gasteiger partial charge is 0.313 e. The maximum atomic E-state index is 13.4. The third-order valence-electron chi connectivity index (χ3n) is 2.69. The van der Waals surface area contributed by atoms with Crippen LogP contribution in [0, 0.1) is 5.82 Å². The van der Waals surface area contributed by atoms with Crippen molar-refractivity contribution in [2.45, 2.75) is 24.9 Å². The predicted molar refractivity (Wildman–Crippen MR) is 72.0 cm³/mol. The zero-order valence-electron chi connectivity index (χ0n) is 11.3. The number of nitrogens with zero attached hydrogens (tertiary/aromatic N) is 3. The molecule has 0 bridgehead atoms. The molecule has 2 aromatic rings. The van der Waals surface area contributed by atoms with Crippen molar-refractivity contribution in [3.05, 3.63) is 35.4 Å². The summed E-state index contributed by atoms with van der Waals surface area (Å²) in [5.41, 5.74) is 0.485. The van der Waals surface area contributed by atoms with Gasteiger partial charge in [0.05, 0.1) is 11.4 Å². The van der Waals surface area contributed by atoms with Crippen LogP contribution < -0.4 is 10.0 Å². The highest BCUT2D eigenvalue weighted by molar-refractivity contribution is 7.89. The van der Waals surface area contributed by atoms with Gasteiger partial charge in [0.25, 0.3) is 0 Å². The Hall–Kier alpha value is -1.91. The summed E-state index contributed by atoms with van der Waals surface area (Å²) in [4.78, 5) is -0.105. The molecule has 3 N–H and O–H groups in total. The van der Waals surface area contributed by atoms with E-state index in [4.69, 9.17) is 0 Å². The molecule has 0 radical (unpaired) electrons. The summed E-state index contributed by atoms with van der Waals surface area (Å²) in [6, 6.07) is 3.66. The van der Waals surface area contributed by atoms with Crippen molar-refractivity contribution < 1.29 is 12.8 Å². The number of hydrogen-bond acceptors (Lipinski definition) is 6. The number of rotatable bonds is 7. The third kappa shape index (κ3) is 4.03. The van der Waals surface area contributed by atoms with Crippen molar-refractivity contribution >= 4 is 10.0 Å². The van der Waals surface area contributed by atoms with Gasteiger partial charge in [-0.15, -0.1) is 10.2 Å². The Kier molecular flexibility index (Phi) is 4.94. The van der Waals surface area contributed by atoms with E-state index >= 15 is 0 Å². The topological polar surface area (TPSA) is 113 Å². The molecule has 0 fully saturated rings. The predicted octanol–water partition coefficient (Wildman–Crippen LogP) is -0.0732. The molecule has 114 valence electrons. The first-order valence-corrected chi connectivity index (χ1v) is 7.72. The fraction of sp³-hybridized carbons (Fsp3) is 0.364. The van der Waals surface area contributed by atoms with Gasteiger partial charge in [-0.25, -0.2) is 17.5 Å². The van der Waals surface area contributed by atoms with E-state index in [9.17, 15) is 12.8 Å². The van der Waals surface area contributed by atoms with Crippen LogP contribution >= 0.6 is 0 Å². The molecular weight excluding hydrogens is 299 g/mol. The lowest BCUT2D eigenvalue weighted by Crippen LogP contribution is -2.26. The molecular formula is C11H15FN6O2S. The highest BCUT2D eigenvalue weighted by atomic mass is 32.2. The van der Waals surface area contributed by atoms with E-state index in [1.165, 1.54) is 12.1 Å². The van der Waals surface area contributed by atoms with Crippen LogP contribution in [0.1, 0.15) is 18.3 Å². The molecule has 1 heterocycles. The van der Waals surface area contributed by atoms with Crippen LogP contribution in [0.2, 0.25) is 0 Å². The molecule has 1 aromatic heterocycles. The number of halogens is 1. The smallest absolute Gasteiger partial charge is 0.241 e. The van der Waals surface area contributed by atoms with Gasteiger partial charge in [0, 0.05) is 6.54 Å². The highest BCUT2D eigenvalue weighted by Crippen LogP contribution is 2.17. The van der Waals surface area contributed by atoms with E-state index in [2.05, 4.69) is 30.7 Å². The van der Waals surface area contributed by atoms with Crippen molar-refractivity contribution in [3.63, 3.8) is 0 Å². The second kappa shape index (κ2) is 6.70. The van der Waals surface area contributed by atoms with Crippen molar-refractivity contribution in [1.29, 1.82) is 0 Å². The number of sulfonamides is 1. The molecule has 2 rings (SSSR count). The number of aromatic nitrogens is 4. The summed E-state index contributed by atoms with van der Waals surface area (Å²) in [5, 5.41) is 15.8. The van der Waals surface area contributed by atoms with Gasteiger partial charge in [-0.1, -0.05) is 18.2 Å². The normalized spacial score (nSPS) is 11.7. The van der Waals surface area contributed by atoms with Crippen LogP contribution in [0.3, 0.4) is 0 Å². The number of aromatic amines is 1. The Bertz CT molecular complexity index is 689. The molecule has 0 aliphatic carbocycles. The minimum Gasteiger partial charge on any atom is -0.313 e. The number of hydrogen-bond donors (Lipinski definition) is 3. The van der Waals surface area contributed by atoms with Gasteiger partial charge < -0.3 is 5.32 Å². The van der Waals surface area contributed by atoms with E-state index < -0.39 is 15.8 Å². The van der Waals surface area contributed by atoms with Gasteiger partial charge in [-0.2, -0.15) is 5.21 Å². The summed E-state index contributed by atoms with van der Waals surface area (Å²) in [6.45, 7) is 2.77. The van der Waals surface area contributed by atoms with Crippen LogP contribution in [0.15, 0.2) is 23.1 Å². The maximum Gasteiger partial charge on any atom is 0.241 e. The molecule has 0 saturated carbocycles. The fourth-order valence-electron chi connectivity index (χ4n) is 1.68. The van der Waals surface area contributed by atoms with Crippen LogP contribution in [0.5, 0.6) is 0 Å². The lowest BCUT2D eigenvalue weighted by Gasteiger charge is -2.11. The van der Waals surface area contributed by atoms with E-state index in [0.717, 1.165) is 6.07 Å². The quantitative estimate of drug-likeness (QED) is 0.659. The molecule has 1 aromatic carbocycles. The van der Waals surface area contributed by atoms with Gasteiger partial charge in [0.2, 0.25) is 10.0 Å². The monoisotopic (exact) mass is 314 g/mol. The SMILES string of the molecule is CCNCc1ccc(F)cc1S(=O)(=O)NCc1nn[nH]n1. The van der Waals surface area contributed by atoms with Gasteiger partial charge in [0.1, 0.15) is 5.82 Å². The summed E-state index contributed by atoms with van der Waals surface area (Å²) >= 11 is 0. The molecule has 0 amide bonds. The summed E-state index contributed by atoms with van der Waals surface area (Å²) in [7, 11) is -3.87. The Morgan fingerprint density at radius 2 is 2.14 bits per heavy atom. The molecule has 0 saturated heterocycles. The lowest BCUT2D eigenvalue weighted by atomic mass is 10.2. The molecule has 21 heavy (non-hydrogen) atoms. The minimum absolute atomic E-state index is 0.105. The Labute approximate surface area is 121 Å². The first-order valence-electron chi connectivity index (χ1n) is 6.24. The van der Waals surface area contributed by atoms with Crippen LogP contribution in [0.4, 0.5) is 4.39 Å². The first kappa shape index (κ1) is 15.5. The Morgan fingerprint density at radius 3 is 2.81 bits per heavy atom. The number of H-pyrrole nitrogens is 1. The molecule has 0 spiro atoms. The zero-order valence-corrected chi connectivity index (χ0v) is 12.1. The number of benzene rings is 1. The Balaban J connectivity index is 2.23. The Morgan fingerprint density at radius 1 is 1.33 bits per heavy atom. The molecule has 8 nitrogen and oxygen atoms in total. The third-order valence-corrected chi connectivity index (χ3v) is 4.18. The number of tetrazole rings is 1. The van der Waals surface area contributed by atoms with Crippen molar-refractivity contribution in [2.24, 2.45) is 0 Å². The first-order chi connectivity index (χ1) is 10.0. The molecule has 0 aliphatic heterocycles. The highest BCUT2D eigenvalue weighted by Gasteiger charge is 2.19. The standard InChI is InChI=1S/C11H15FN6O2S/c1-2-13-6-8-3-4-9(12)5-10(8)21(19,20)14-7-11-15-17-18-16-11/h3-5,13-14H,2,6-7H2,1H3,(H,15,16,17,18). The maximum absolute atomic E-state index is 13.4. The zero-order chi connectivity index (χ0) is 15.3. The number of nitrogens with one attached hydrogen (secondary N) is 3. The molecule has 10 heteroatoms. The van der Waals surface area contributed by atoms with E-state index in [0.29, 0.717) is 18.7 Å². The second-order valence-electron chi connectivity index (χ2n) is 4.18. The van der Waals surface area contributed by atoms with E-state index in [1.807, 2.05) is 6.92 Å². The van der Waals surface area contributed by atoms with Gasteiger partial charge >= 0.3 is 0 Å². The molecule has 0 aliphatic rings. The van der Waals surface area contributed by atoms with Crippen LogP contribution in [-0.2, 0) is 23.1 Å². The lowest BCUT2D eigenvalue weighted by molar-refractivity contribution is 0.572. The minimum atomic E-state index is -3.87. The molecule has 0 atom stereocenters.